The average Bonchev–Trinajstić information content (AvgIpc) is 2.72. The number of ether oxygens (including phenoxy) is 1. The summed E-state index contributed by atoms with van der Waals surface area (Å²) in [5.41, 5.74) is 1.60. The van der Waals surface area contributed by atoms with E-state index in [-0.39, 0.29) is 23.8 Å². The van der Waals surface area contributed by atoms with Crippen molar-refractivity contribution in [3.8, 4) is 5.75 Å². The molecule has 27 heavy (non-hydrogen) atoms. The highest BCUT2D eigenvalue weighted by Gasteiger charge is 2.22. The van der Waals surface area contributed by atoms with Gasteiger partial charge in [-0.2, -0.15) is 0 Å². The van der Waals surface area contributed by atoms with E-state index in [4.69, 9.17) is 4.74 Å². The molecule has 1 amide bonds. The van der Waals surface area contributed by atoms with Crippen LogP contribution >= 0.6 is 0 Å². The molecule has 136 valence electrons. The Morgan fingerprint density at radius 2 is 1.74 bits per heavy atom. The molecule has 0 atom stereocenters. The Hall–Kier alpha value is -3.67. The van der Waals surface area contributed by atoms with Crippen molar-refractivity contribution in [1.82, 2.24) is 4.98 Å². The van der Waals surface area contributed by atoms with Crippen LogP contribution in [-0.2, 0) is 11.3 Å². The topological polar surface area (TPSA) is 79.7 Å². The summed E-state index contributed by atoms with van der Waals surface area (Å²) in [7, 11) is 1.28. The highest BCUT2D eigenvalue weighted by molar-refractivity contribution is 6.07. The maximum absolute atomic E-state index is 13.2. The second-order valence-electron chi connectivity index (χ2n) is 5.77. The SMILES string of the molecule is COC(=O)c1cccc(C(=O)N(Cc2ccccn2)c2ccccc2O)c1. The number of esters is 1. The normalized spacial score (nSPS) is 10.3. The lowest BCUT2D eigenvalue weighted by atomic mass is 10.1. The summed E-state index contributed by atoms with van der Waals surface area (Å²) < 4.78 is 4.72. The Morgan fingerprint density at radius 1 is 1.00 bits per heavy atom. The van der Waals surface area contributed by atoms with Gasteiger partial charge in [-0.05, 0) is 42.5 Å². The molecule has 1 heterocycles. The molecule has 6 heteroatoms. The van der Waals surface area contributed by atoms with Crippen molar-refractivity contribution in [1.29, 1.82) is 0 Å². The van der Waals surface area contributed by atoms with E-state index in [0.717, 1.165) is 0 Å². The number of hydrogen-bond donors (Lipinski definition) is 1. The first kappa shape index (κ1) is 18.1. The number of hydrogen-bond acceptors (Lipinski definition) is 5. The lowest BCUT2D eigenvalue weighted by Crippen LogP contribution is -2.31. The average molecular weight is 362 g/mol. The van der Waals surface area contributed by atoms with Crippen molar-refractivity contribution in [2.75, 3.05) is 12.0 Å². The fraction of sp³-hybridized carbons (Fsp3) is 0.0952. The molecule has 0 saturated heterocycles. The van der Waals surface area contributed by atoms with Crippen LogP contribution in [0.25, 0.3) is 0 Å². The molecule has 0 aliphatic carbocycles. The van der Waals surface area contributed by atoms with Crippen molar-refractivity contribution >= 4 is 17.6 Å². The van der Waals surface area contributed by atoms with E-state index in [9.17, 15) is 14.7 Å². The Kier molecular flexibility index (Phi) is 5.47. The van der Waals surface area contributed by atoms with Gasteiger partial charge in [0.15, 0.2) is 0 Å². The molecule has 2 aromatic carbocycles. The number of nitrogens with zero attached hydrogens (tertiary/aromatic N) is 2. The second-order valence-corrected chi connectivity index (χ2v) is 5.77. The zero-order valence-corrected chi connectivity index (χ0v) is 14.7. The fourth-order valence-corrected chi connectivity index (χ4v) is 2.67. The molecule has 6 nitrogen and oxygen atoms in total. The van der Waals surface area contributed by atoms with Crippen LogP contribution in [0.5, 0.6) is 5.75 Å². The first-order chi connectivity index (χ1) is 13.1. The highest BCUT2D eigenvalue weighted by Crippen LogP contribution is 2.29. The van der Waals surface area contributed by atoms with Gasteiger partial charge in [0.1, 0.15) is 5.75 Å². The Morgan fingerprint density at radius 3 is 2.44 bits per heavy atom. The zero-order valence-electron chi connectivity index (χ0n) is 14.7. The standard InChI is InChI=1S/C21H18N2O4/c1-27-21(26)16-8-6-7-15(13-16)20(25)23(14-17-9-4-5-12-22-17)18-10-2-3-11-19(18)24/h2-13,24H,14H2,1H3. The van der Waals surface area contributed by atoms with E-state index in [0.29, 0.717) is 16.9 Å². The van der Waals surface area contributed by atoms with E-state index in [1.54, 1.807) is 54.7 Å². The van der Waals surface area contributed by atoms with Crippen LogP contribution in [0.15, 0.2) is 72.9 Å². The van der Waals surface area contributed by atoms with Crippen LogP contribution < -0.4 is 4.90 Å². The molecule has 0 aliphatic rings. The van der Waals surface area contributed by atoms with Gasteiger partial charge < -0.3 is 9.84 Å². The van der Waals surface area contributed by atoms with Crippen molar-refractivity contribution in [3.05, 3.63) is 89.7 Å². The van der Waals surface area contributed by atoms with Gasteiger partial charge in [-0.15, -0.1) is 0 Å². The minimum atomic E-state index is -0.525. The third-order valence-electron chi connectivity index (χ3n) is 3.99. The summed E-state index contributed by atoms with van der Waals surface area (Å²) in [6, 6.07) is 18.3. The molecule has 1 N–H and O–H groups in total. The van der Waals surface area contributed by atoms with Crippen LogP contribution in [0.4, 0.5) is 5.69 Å². The quantitative estimate of drug-likeness (QED) is 0.704. The minimum absolute atomic E-state index is 0.0223. The van der Waals surface area contributed by atoms with Crippen molar-refractivity contribution in [3.63, 3.8) is 0 Å². The number of para-hydroxylation sites is 2. The van der Waals surface area contributed by atoms with Crippen LogP contribution in [-0.4, -0.2) is 29.1 Å². The van der Waals surface area contributed by atoms with E-state index in [2.05, 4.69) is 4.98 Å². The first-order valence-electron chi connectivity index (χ1n) is 8.28. The van der Waals surface area contributed by atoms with Crippen molar-refractivity contribution < 1.29 is 19.4 Å². The maximum atomic E-state index is 13.2. The summed E-state index contributed by atoms with van der Waals surface area (Å²) in [6.45, 7) is 0.166. The summed E-state index contributed by atoms with van der Waals surface area (Å²) in [6.07, 6.45) is 1.64. The van der Waals surface area contributed by atoms with Gasteiger partial charge in [0.2, 0.25) is 0 Å². The molecule has 0 aliphatic heterocycles. The first-order valence-corrected chi connectivity index (χ1v) is 8.28. The molecule has 0 spiro atoms. The number of carbonyl (C=O) groups is 2. The summed E-state index contributed by atoms with van der Waals surface area (Å²) in [4.78, 5) is 30.7. The number of phenolic OH excluding ortho intramolecular Hbond substituents is 1. The third-order valence-corrected chi connectivity index (χ3v) is 3.99. The highest BCUT2D eigenvalue weighted by atomic mass is 16.5. The van der Waals surface area contributed by atoms with Crippen molar-refractivity contribution in [2.45, 2.75) is 6.54 Å². The van der Waals surface area contributed by atoms with Crippen LogP contribution in [0.2, 0.25) is 0 Å². The number of rotatable bonds is 5. The third kappa shape index (κ3) is 4.12. The van der Waals surface area contributed by atoms with E-state index >= 15 is 0 Å². The van der Waals surface area contributed by atoms with E-state index in [1.165, 1.54) is 24.1 Å². The molecular formula is C21H18N2O4. The predicted octanol–water partition coefficient (Wildman–Crippen LogP) is 3.42. The lowest BCUT2D eigenvalue weighted by Gasteiger charge is -2.23. The van der Waals surface area contributed by atoms with Gasteiger partial charge >= 0.3 is 5.97 Å². The fourth-order valence-electron chi connectivity index (χ4n) is 2.67. The van der Waals surface area contributed by atoms with Gasteiger partial charge in [-0.1, -0.05) is 24.3 Å². The van der Waals surface area contributed by atoms with E-state index < -0.39 is 5.97 Å². The largest absolute Gasteiger partial charge is 0.506 e. The van der Waals surface area contributed by atoms with Crippen LogP contribution in [0, 0.1) is 0 Å². The van der Waals surface area contributed by atoms with Gasteiger partial charge in [0, 0.05) is 11.8 Å². The predicted molar refractivity (Wildman–Crippen MR) is 101 cm³/mol. The Bertz CT molecular complexity index is 957. The number of aromatic nitrogens is 1. The smallest absolute Gasteiger partial charge is 0.337 e. The van der Waals surface area contributed by atoms with Crippen LogP contribution in [0.3, 0.4) is 0 Å². The second kappa shape index (κ2) is 8.14. The number of methoxy groups -OCH3 is 1. The Balaban J connectivity index is 2.01. The molecule has 1 aromatic heterocycles. The van der Waals surface area contributed by atoms with Crippen molar-refractivity contribution in [2.24, 2.45) is 0 Å². The molecule has 0 radical (unpaired) electrons. The maximum Gasteiger partial charge on any atom is 0.337 e. The number of carbonyl (C=O) groups excluding carboxylic acids is 2. The molecule has 0 fully saturated rings. The van der Waals surface area contributed by atoms with Gasteiger partial charge in [-0.3, -0.25) is 14.7 Å². The summed E-state index contributed by atoms with van der Waals surface area (Å²) >= 11 is 0. The minimum Gasteiger partial charge on any atom is -0.506 e. The molecular weight excluding hydrogens is 344 g/mol. The molecule has 0 bridgehead atoms. The van der Waals surface area contributed by atoms with Crippen LogP contribution in [0.1, 0.15) is 26.4 Å². The number of amides is 1. The molecule has 0 unspecified atom stereocenters. The molecule has 3 rings (SSSR count). The van der Waals surface area contributed by atoms with Gasteiger partial charge in [-0.25, -0.2) is 4.79 Å². The summed E-state index contributed by atoms with van der Waals surface area (Å²) in [5, 5.41) is 10.2. The van der Waals surface area contributed by atoms with E-state index in [1.807, 2.05) is 6.07 Å². The number of anilines is 1. The number of pyridine rings is 1. The Labute approximate surface area is 156 Å². The zero-order chi connectivity index (χ0) is 19.2. The monoisotopic (exact) mass is 362 g/mol. The van der Waals surface area contributed by atoms with Gasteiger partial charge in [0.25, 0.3) is 5.91 Å². The lowest BCUT2D eigenvalue weighted by molar-refractivity contribution is 0.0600. The number of phenols is 1. The summed E-state index contributed by atoms with van der Waals surface area (Å²) in [5.74, 6) is -0.915. The van der Waals surface area contributed by atoms with Gasteiger partial charge in [0.05, 0.1) is 30.6 Å². The number of benzene rings is 2. The molecule has 3 aromatic rings. The number of aromatic hydroxyl groups is 1. The molecule has 0 saturated carbocycles.